The molecule has 0 spiro atoms. The smallest absolute Gasteiger partial charge is 0.417 e. The minimum atomic E-state index is -4.83. The molecule has 1 N–H and O–H groups in total. The molecular formula is C33H36F3N3O5S. The molecule has 2 heterocycles. The van der Waals surface area contributed by atoms with Gasteiger partial charge in [0.1, 0.15) is 11.5 Å². The summed E-state index contributed by atoms with van der Waals surface area (Å²) in [4.78, 5) is 6.10. The van der Waals surface area contributed by atoms with Gasteiger partial charge >= 0.3 is 6.18 Å². The van der Waals surface area contributed by atoms with Crippen LogP contribution >= 0.6 is 0 Å². The van der Waals surface area contributed by atoms with E-state index in [1.54, 1.807) is 38.4 Å². The number of pyridine rings is 1. The van der Waals surface area contributed by atoms with Gasteiger partial charge in [0, 0.05) is 29.9 Å². The molecule has 0 amide bonds. The van der Waals surface area contributed by atoms with Crippen molar-refractivity contribution in [2.75, 3.05) is 38.1 Å². The van der Waals surface area contributed by atoms with E-state index in [1.807, 2.05) is 6.07 Å². The molecule has 3 aromatic carbocycles. The van der Waals surface area contributed by atoms with E-state index in [2.05, 4.69) is 21.5 Å². The summed E-state index contributed by atoms with van der Waals surface area (Å²) >= 11 is 0. The van der Waals surface area contributed by atoms with E-state index >= 15 is 0 Å². The summed E-state index contributed by atoms with van der Waals surface area (Å²) in [6.45, 7) is 7.79. The van der Waals surface area contributed by atoms with E-state index in [-0.39, 0.29) is 5.69 Å². The van der Waals surface area contributed by atoms with Crippen LogP contribution in [0.15, 0.2) is 71.8 Å². The summed E-state index contributed by atoms with van der Waals surface area (Å²) in [5, 5.41) is 0.678. The second kappa shape index (κ2) is 13.5. The molecule has 0 unspecified atom stereocenters. The Morgan fingerprint density at radius 2 is 1.73 bits per heavy atom. The number of sulfonamides is 1. The number of halogens is 3. The Balaban J connectivity index is 1.29. The van der Waals surface area contributed by atoms with Crippen molar-refractivity contribution in [2.45, 2.75) is 44.2 Å². The highest BCUT2D eigenvalue weighted by atomic mass is 32.2. The fraction of sp³-hybridized carbons (Fsp3) is 0.364. The molecule has 45 heavy (non-hydrogen) atoms. The summed E-state index contributed by atoms with van der Waals surface area (Å²) in [7, 11) is -2.95. The number of aromatic nitrogens is 1. The highest BCUT2D eigenvalue weighted by molar-refractivity contribution is 7.92. The van der Waals surface area contributed by atoms with Crippen LogP contribution < -0.4 is 18.9 Å². The van der Waals surface area contributed by atoms with Crippen LogP contribution in [0.5, 0.6) is 23.0 Å². The van der Waals surface area contributed by atoms with Gasteiger partial charge in [-0.25, -0.2) is 8.42 Å². The molecule has 240 valence electrons. The minimum absolute atomic E-state index is 0.0923. The lowest BCUT2D eigenvalue weighted by Gasteiger charge is -2.30. The van der Waals surface area contributed by atoms with Crippen molar-refractivity contribution in [3.05, 3.63) is 78.0 Å². The third-order valence-electron chi connectivity index (χ3n) is 7.87. The number of anilines is 1. The van der Waals surface area contributed by atoms with Gasteiger partial charge in [-0.15, -0.1) is 0 Å². The van der Waals surface area contributed by atoms with Crippen molar-refractivity contribution < 1.29 is 35.8 Å². The number of piperidine rings is 1. The maximum Gasteiger partial charge on any atom is 0.417 e. The van der Waals surface area contributed by atoms with Gasteiger partial charge in [-0.1, -0.05) is 19.1 Å². The molecule has 0 aliphatic carbocycles. The highest BCUT2D eigenvalue weighted by Gasteiger charge is 2.37. The summed E-state index contributed by atoms with van der Waals surface area (Å²) < 4.78 is 86.2. The van der Waals surface area contributed by atoms with E-state index < -0.39 is 26.7 Å². The quantitative estimate of drug-likeness (QED) is 0.168. The van der Waals surface area contributed by atoms with Gasteiger partial charge in [0.05, 0.1) is 29.7 Å². The molecule has 0 bridgehead atoms. The average Bonchev–Trinajstić information content (AvgIpc) is 3.00. The van der Waals surface area contributed by atoms with Crippen molar-refractivity contribution in [1.82, 2.24) is 9.88 Å². The number of hydrogen-bond donors (Lipinski definition) is 1. The van der Waals surface area contributed by atoms with Crippen molar-refractivity contribution in [3.8, 4) is 23.0 Å². The van der Waals surface area contributed by atoms with Crippen LogP contribution in [0.4, 0.5) is 18.9 Å². The van der Waals surface area contributed by atoms with E-state index in [4.69, 9.17) is 14.2 Å². The van der Waals surface area contributed by atoms with Gasteiger partial charge in [0.15, 0.2) is 11.5 Å². The molecule has 12 heteroatoms. The maximum absolute atomic E-state index is 13.4. The summed E-state index contributed by atoms with van der Waals surface area (Å²) in [5.41, 5.74) is 0.0441. The molecule has 1 saturated heterocycles. The SMILES string of the molecule is COc1cc2c(Oc3ccc(NS(=O)(=O)c4ccccc4C(F)(F)F)cc3C)ccnc2cc1OCCCN1CCC(C)CC1. The fourth-order valence-electron chi connectivity index (χ4n) is 5.34. The van der Waals surface area contributed by atoms with Crippen molar-refractivity contribution in [2.24, 2.45) is 5.92 Å². The van der Waals surface area contributed by atoms with E-state index in [0.29, 0.717) is 46.1 Å². The summed E-state index contributed by atoms with van der Waals surface area (Å²) in [6.07, 6.45) is 0.151. The highest BCUT2D eigenvalue weighted by Crippen LogP contribution is 2.39. The third-order valence-corrected chi connectivity index (χ3v) is 9.31. The van der Waals surface area contributed by atoms with E-state index in [1.165, 1.54) is 31.0 Å². The van der Waals surface area contributed by atoms with Gasteiger partial charge in [-0.2, -0.15) is 13.2 Å². The molecule has 4 aromatic rings. The normalized spacial score (nSPS) is 14.8. The zero-order valence-electron chi connectivity index (χ0n) is 25.4. The number of ether oxygens (including phenoxy) is 3. The van der Waals surface area contributed by atoms with Crippen LogP contribution in [0.3, 0.4) is 0 Å². The molecule has 1 fully saturated rings. The van der Waals surface area contributed by atoms with Crippen LogP contribution in [-0.2, 0) is 16.2 Å². The van der Waals surface area contributed by atoms with Gasteiger partial charge in [-0.05, 0) is 93.2 Å². The zero-order valence-corrected chi connectivity index (χ0v) is 26.2. The molecule has 0 radical (unpaired) electrons. The Hall–Kier alpha value is -4.03. The number of hydrogen-bond acceptors (Lipinski definition) is 7. The lowest BCUT2D eigenvalue weighted by atomic mass is 9.99. The van der Waals surface area contributed by atoms with E-state index in [9.17, 15) is 21.6 Å². The van der Waals surface area contributed by atoms with E-state index in [0.717, 1.165) is 50.2 Å². The number of rotatable bonds is 11. The standard InChI is InChI=1S/C33H36F3N3O5S/c1-22-12-16-39(17-13-22)15-6-18-43-31-21-27-25(20-30(31)42-3)29(11-14-37-27)44-28-10-9-24(19-23(28)2)38-45(40,41)32-8-5-4-7-26(32)33(34,35)36/h4-5,7-11,14,19-22,38H,6,12-13,15-18H2,1-3H3. The predicted octanol–water partition coefficient (Wildman–Crippen LogP) is 7.66. The molecule has 1 aliphatic heterocycles. The van der Waals surface area contributed by atoms with Crippen LogP contribution in [-0.4, -0.2) is 51.7 Å². The number of fused-ring (bicyclic) bond motifs is 1. The second-order valence-electron chi connectivity index (χ2n) is 11.2. The van der Waals surface area contributed by atoms with Gasteiger partial charge < -0.3 is 19.1 Å². The van der Waals surface area contributed by atoms with Crippen LogP contribution in [0.25, 0.3) is 10.9 Å². The third kappa shape index (κ3) is 7.80. The largest absolute Gasteiger partial charge is 0.493 e. The molecular weight excluding hydrogens is 607 g/mol. The first-order valence-corrected chi connectivity index (χ1v) is 16.2. The van der Waals surface area contributed by atoms with Crippen LogP contribution in [0.2, 0.25) is 0 Å². The van der Waals surface area contributed by atoms with Gasteiger partial charge in [-0.3, -0.25) is 9.71 Å². The predicted molar refractivity (Wildman–Crippen MR) is 167 cm³/mol. The van der Waals surface area contributed by atoms with Gasteiger partial charge in [0.2, 0.25) is 0 Å². The number of alkyl halides is 3. The lowest BCUT2D eigenvalue weighted by Crippen LogP contribution is -2.34. The Morgan fingerprint density at radius 3 is 2.44 bits per heavy atom. The fourth-order valence-corrected chi connectivity index (χ4v) is 6.62. The first kappa shape index (κ1) is 32.4. The molecule has 0 atom stereocenters. The maximum atomic E-state index is 13.4. The lowest BCUT2D eigenvalue weighted by molar-refractivity contribution is -0.139. The van der Waals surface area contributed by atoms with Crippen molar-refractivity contribution in [3.63, 3.8) is 0 Å². The van der Waals surface area contributed by atoms with Crippen molar-refractivity contribution in [1.29, 1.82) is 0 Å². The number of nitrogens with one attached hydrogen (secondary N) is 1. The second-order valence-corrected chi connectivity index (χ2v) is 12.9. The summed E-state index contributed by atoms with van der Waals surface area (Å²) in [5.74, 6) is 2.82. The van der Waals surface area contributed by atoms with Crippen LogP contribution in [0, 0.1) is 12.8 Å². The number of likely N-dealkylation sites (tertiary alicyclic amines) is 1. The number of benzene rings is 3. The number of aryl methyl sites for hydroxylation is 1. The number of nitrogens with zero attached hydrogens (tertiary/aromatic N) is 2. The number of methoxy groups -OCH3 is 1. The first-order chi connectivity index (χ1) is 21.4. The molecule has 8 nitrogen and oxygen atoms in total. The Bertz CT molecular complexity index is 1760. The Morgan fingerprint density at radius 1 is 0.978 bits per heavy atom. The molecule has 1 aromatic heterocycles. The monoisotopic (exact) mass is 643 g/mol. The molecule has 1 aliphatic rings. The Labute approximate surface area is 261 Å². The topological polar surface area (TPSA) is 90.0 Å². The summed E-state index contributed by atoms with van der Waals surface area (Å²) in [6, 6.07) is 13.8. The molecule has 0 saturated carbocycles. The zero-order chi connectivity index (χ0) is 32.2. The van der Waals surface area contributed by atoms with Crippen molar-refractivity contribution >= 4 is 26.6 Å². The minimum Gasteiger partial charge on any atom is -0.493 e. The van der Waals surface area contributed by atoms with Gasteiger partial charge in [0.25, 0.3) is 10.0 Å². The van der Waals surface area contributed by atoms with Crippen LogP contribution in [0.1, 0.15) is 37.3 Å². The Kier molecular flexibility index (Phi) is 9.73. The average molecular weight is 644 g/mol. The first-order valence-electron chi connectivity index (χ1n) is 14.7. The molecule has 5 rings (SSSR count).